The van der Waals surface area contributed by atoms with Gasteiger partial charge in [-0.25, -0.2) is 0 Å². The topological polar surface area (TPSA) is 40.6 Å². The van der Waals surface area contributed by atoms with E-state index in [1.165, 1.54) is 11.1 Å². The van der Waals surface area contributed by atoms with E-state index < -0.39 is 0 Å². The van der Waals surface area contributed by atoms with Crippen LogP contribution < -0.4 is 4.90 Å². The van der Waals surface area contributed by atoms with E-state index in [-0.39, 0.29) is 17.7 Å². The molecule has 1 unspecified atom stereocenters. The molecule has 4 heteroatoms. The Kier molecular flexibility index (Phi) is 4.49. The molecule has 0 bridgehead atoms. The van der Waals surface area contributed by atoms with Crippen molar-refractivity contribution < 1.29 is 9.59 Å². The van der Waals surface area contributed by atoms with Crippen LogP contribution in [0.4, 0.5) is 5.69 Å². The maximum absolute atomic E-state index is 13.1. The van der Waals surface area contributed by atoms with Crippen molar-refractivity contribution in [3.8, 4) is 0 Å². The van der Waals surface area contributed by atoms with Gasteiger partial charge in [0.05, 0.1) is 5.92 Å². The molecule has 0 saturated carbocycles. The van der Waals surface area contributed by atoms with Crippen molar-refractivity contribution in [3.05, 3.63) is 65.2 Å². The third-order valence-electron chi connectivity index (χ3n) is 5.40. The summed E-state index contributed by atoms with van der Waals surface area (Å²) in [5.74, 6) is -0.0643. The molecule has 1 fully saturated rings. The second-order valence-electron chi connectivity index (χ2n) is 7.39. The molecule has 4 nitrogen and oxygen atoms in total. The van der Waals surface area contributed by atoms with E-state index in [2.05, 4.69) is 25.1 Å². The van der Waals surface area contributed by atoms with Gasteiger partial charge in [-0.05, 0) is 37.0 Å². The van der Waals surface area contributed by atoms with Gasteiger partial charge in [-0.15, -0.1) is 0 Å². The lowest BCUT2D eigenvalue weighted by molar-refractivity contribution is -0.128. The zero-order valence-corrected chi connectivity index (χ0v) is 15.1. The van der Waals surface area contributed by atoms with Crippen molar-refractivity contribution in [3.63, 3.8) is 0 Å². The van der Waals surface area contributed by atoms with E-state index in [9.17, 15) is 9.59 Å². The first-order valence-electron chi connectivity index (χ1n) is 9.34. The molecule has 2 heterocycles. The summed E-state index contributed by atoms with van der Waals surface area (Å²) in [4.78, 5) is 29.3. The van der Waals surface area contributed by atoms with Gasteiger partial charge in [0.25, 0.3) is 0 Å². The molecule has 0 N–H and O–H groups in total. The normalized spacial score (nSPS) is 19.6. The van der Waals surface area contributed by atoms with Crippen LogP contribution in [0.2, 0.25) is 0 Å². The Morgan fingerprint density at radius 3 is 2.77 bits per heavy atom. The zero-order valence-electron chi connectivity index (χ0n) is 15.1. The van der Waals surface area contributed by atoms with Crippen molar-refractivity contribution >= 4 is 17.5 Å². The van der Waals surface area contributed by atoms with Crippen LogP contribution in [0.15, 0.2) is 48.5 Å². The van der Waals surface area contributed by atoms with Gasteiger partial charge in [-0.2, -0.15) is 0 Å². The molecule has 1 saturated heterocycles. The van der Waals surface area contributed by atoms with E-state index in [1.807, 2.05) is 40.1 Å². The second kappa shape index (κ2) is 6.94. The lowest BCUT2D eigenvalue weighted by Gasteiger charge is -2.31. The molecule has 4 rings (SSSR count). The highest BCUT2D eigenvalue weighted by Crippen LogP contribution is 2.31. The Morgan fingerprint density at radius 1 is 1.15 bits per heavy atom. The molecule has 1 atom stereocenters. The number of fused-ring (bicyclic) bond motifs is 1. The Bertz CT molecular complexity index is 831. The molecule has 0 spiro atoms. The summed E-state index contributed by atoms with van der Waals surface area (Å²) < 4.78 is 0. The average molecular weight is 348 g/mol. The SMILES string of the molecule is Cc1ccc2c(c1)CCCN2C(=O)C1CC(=O)N(Cc2ccccc2)C1. The fraction of sp³-hybridized carbons (Fsp3) is 0.364. The Labute approximate surface area is 154 Å². The fourth-order valence-electron chi connectivity index (χ4n) is 4.07. The van der Waals surface area contributed by atoms with Crippen LogP contribution >= 0.6 is 0 Å². The number of nitrogens with zero attached hydrogens (tertiary/aromatic N) is 2. The largest absolute Gasteiger partial charge is 0.338 e. The van der Waals surface area contributed by atoms with Crippen LogP contribution in [0.3, 0.4) is 0 Å². The quantitative estimate of drug-likeness (QED) is 0.854. The molecule has 0 aliphatic carbocycles. The van der Waals surface area contributed by atoms with Crippen LogP contribution in [0.25, 0.3) is 0 Å². The first-order valence-corrected chi connectivity index (χ1v) is 9.34. The van der Waals surface area contributed by atoms with Crippen LogP contribution in [0.1, 0.15) is 29.5 Å². The predicted octanol–water partition coefficient (Wildman–Crippen LogP) is 3.32. The first-order chi connectivity index (χ1) is 12.6. The van der Waals surface area contributed by atoms with E-state index in [4.69, 9.17) is 0 Å². The molecule has 0 radical (unpaired) electrons. The predicted molar refractivity (Wildman–Crippen MR) is 102 cm³/mol. The fourth-order valence-corrected chi connectivity index (χ4v) is 4.07. The summed E-state index contributed by atoms with van der Waals surface area (Å²) in [5, 5.41) is 0. The number of amides is 2. The van der Waals surface area contributed by atoms with Gasteiger partial charge in [0, 0.05) is 31.7 Å². The molecule has 2 aromatic rings. The molecule has 2 aliphatic rings. The highest BCUT2D eigenvalue weighted by Gasteiger charge is 2.37. The third-order valence-corrected chi connectivity index (χ3v) is 5.40. The molecular weight excluding hydrogens is 324 g/mol. The number of hydrogen-bond donors (Lipinski definition) is 0. The Hall–Kier alpha value is -2.62. The van der Waals surface area contributed by atoms with E-state index in [0.717, 1.165) is 30.6 Å². The van der Waals surface area contributed by atoms with Gasteiger partial charge in [-0.1, -0.05) is 48.0 Å². The number of carbonyl (C=O) groups excluding carboxylic acids is 2. The van der Waals surface area contributed by atoms with Gasteiger partial charge < -0.3 is 9.80 Å². The van der Waals surface area contributed by atoms with Gasteiger partial charge in [0.1, 0.15) is 0 Å². The maximum atomic E-state index is 13.1. The van der Waals surface area contributed by atoms with Crippen LogP contribution in [-0.4, -0.2) is 29.8 Å². The maximum Gasteiger partial charge on any atom is 0.232 e. The molecule has 134 valence electrons. The summed E-state index contributed by atoms with van der Waals surface area (Å²) in [6.45, 7) is 3.93. The van der Waals surface area contributed by atoms with Gasteiger partial charge in [-0.3, -0.25) is 9.59 Å². The average Bonchev–Trinajstić information content (AvgIpc) is 3.02. The zero-order chi connectivity index (χ0) is 18.1. The summed E-state index contributed by atoms with van der Waals surface area (Å²) in [6.07, 6.45) is 2.32. The number of carbonyl (C=O) groups is 2. The van der Waals surface area contributed by atoms with E-state index in [1.54, 1.807) is 0 Å². The summed E-state index contributed by atoms with van der Waals surface area (Å²) in [6, 6.07) is 16.3. The lowest BCUT2D eigenvalue weighted by Crippen LogP contribution is -2.40. The van der Waals surface area contributed by atoms with Gasteiger partial charge in [0.2, 0.25) is 11.8 Å². The molecule has 26 heavy (non-hydrogen) atoms. The van der Waals surface area contributed by atoms with Crippen molar-refractivity contribution in [1.82, 2.24) is 4.90 Å². The number of hydrogen-bond acceptors (Lipinski definition) is 2. The second-order valence-corrected chi connectivity index (χ2v) is 7.39. The van der Waals surface area contributed by atoms with E-state index >= 15 is 0 Å². The minimum absolute atomic E-state index is 0.0772. The lowest BCUT2D eigenvalue weighted by atomic mass is 9.97. The van der Waals surface area contributed by atoms with Crippen LogP contribution in [0, 0.1) is 12.8 Å². The molecule has 2 aromatic carbocycles. The Balaban J connectivity index is 1.49. The number of aryl methyl sites for hydroxylation is 2. The number of rotatable bonds is 3. The van der Waals surface area contributed by atoms with Crippen molar-refractivity contribution in [2.45, 2.75) is 32.7 Å². The first kappa shape index (κ1) is 16.8. The van der Waals surface area contributed by atoms with Crippen molar-refractivity contribution in [2.75, 3.05) is 18.0 Å². The Morgan fingerprint density at radius 2 is 1.96 bits per heavy atom. The molecule has 2 amide bonds. The van der Waals surface area contributed by atoms with Crippen molar-refractivity contribution in [2.24, 2.45) is 5.92 Å². The van der Waals surface area contributed by atoms with Gasteiger partial charge >= 0.3 is 0 Å². The highest BCUT2D eigenvalue weighted by atomic mass is 16.2. The third kappa shape index (κ3) is 3.24. The number of anilines is 1. The van der Waals surface area contributed by atoms with Crippen LogP contribution in [0.5, 0.6) is 0 Å². The number of likely N-dealkylation sites (tertiary alicyclic amines) is 1. The molecule has 0 aromatic heterocycles. The monoisotopic (exact) mass is 348 g/mol. The van der Waals surface area contributed by atoms with Crippen LogP contribution in [-0.2, 0) is 22.6 Å². The molecular formula is C22H24N2O2. The summed E-state index contributed by atoms with van der Waals surface area (Å²) >= 11 is 0. The van der Waals surface area contributed by atoms with E-state index in [0.29, 0.717) is 19.5 Å². The summed E-state index contributed by atoms with van der Waals surface area (Å²) in [5.41, 5.74) is 4.60. The minimum Gasteiger partial charge on any atom is -0.338 e. The van der Waals surface area contributed by atoms with Crippen molar-refractivity contribution in [1.29, 1.82) is 0 Å². The smallest absolute Gasteiger partial charge is 0.232 e. The number of benzene rings is 2. The standard InChI is InChI=1S/C22H24N2O2/c1-16-9-10-20-18(12-16)8-5-11-24(20)22(26)19-13-21(25)23(15-19)14-17-6-3-2-4-7-17/h2-4,6-7,9-10,12,19H,5,8,11,13-15H2,1H3. The summed E-state index contributed by atoms with van der Waals surface area (Å²) in [7, 11) is 0. The molecule has 2 aliphatic heterocycles. The highest BCUT2D eigenvalue weighted by molar-refractivity contribution is 5.99. The minimum atomic E-state index is -0.238. The van der Waals surface area contributed by atoms with Gasteiger partial charge in [0.15, 0.2) is 0 Å².